The molecule has 0 bridgehead atoms. The Labute approximate surface area is 169 Å². The number of carbonyl (C=O) groups excluding carboxylic acids is 1. The van der Waals surface area contributed by atoms with Crippen LogP contribution < -0.4 is 10.3 Å². The van der Waals surface area contributed by atoms with E-state index in [4.69, 9.17) is 9.47 Å². The molecule has 154 valence electrons. The van der Waals surface area contributed by atoms with Crippen molar-refractivity contribution in [2.45, 2.75) is 13.5 Å². The highest BCUT2D eigenvalue weighted by Crippen LogP contribution is 2.19. The lowest BCUT2D eigenvalue weighted by Gasteiger charge is -2.12. The van der Waals surface area contributed by atoms with E-state index in [1.165, 1.54) is 36.4 Å². The minimum atomic E-state index is -0.799. The molecule has 1 aromatic heterocycles. The number of halogens is 1. The first-order valence-corrected chi connectivity index (χ1v) is 8.82. The summed E-state index contributed by atoms with van der Waals surface area (Å²) >= 11 is 0. The Hall–Kier alpha value is -4.08. The normalized spacial score (nSPS) is 10.5. The van der Waals surface area contributed by atoms with Crippen molar-refractivity contribution in [2.75, 3.05) is 6.61 Å². The van der Waals surface area contributed by atoms with Gasteiger partial charge in [0.15, 0.2) is 5.75 Å². The molecular formula is C20H16FN3O6. The van der Waals surface area contributed by atoms with Gasteiger partial charge in [-0.3, -0.25) is 14.9 Å². The Kier molecular flexibility index (Phi) is 6.16. The van der Waals surface area contributed by atoms with Crippen LogP contribution in [-0.2, 0) is 11.3 Å². The topological polar surface area (TPSA) is 114 Å². The second-order valence-electron chi connectivity index (χ2n) is 6.02. The number of rotatable bonds is 7. The summed E-state index contributed by atoms with van der Waals surface area (Å²) in [6.07, 6.45) is 0. The molecule has 9 nitrogen and oxygen atoms in total. The summed E-state index contributed by atoms with van der Waals surface area (Å²) in [7, 11) is 0. The Balaban J connectivity index is 1.93. The van der Waals surface area contributed by atoms with Crippen LogP contribution in [0.3, 0.4) is 0 Å². The molecule has 3 rings (SSSR count). The van der Waals surface area contributed by atoms with Crippen LogP contribution in [0.15, 0.2) is 59.4 Å². The molecule has 0 saturated carbocycles. The highest BCUT2D eigenvalue weighted by atomic mass is 19.1. The molecule has 0 unspecified atom stereocenters. The molecule has 0 fully saturated rings. The van der Waals surface area contributed by atoms with Crippen molar-refractivity contribution >= 4 is 11.7 Å². The molecule has 30 heavy (non-hydrogen) atoms. The second kappa shape index (κ2) is 8.95. The van der Waals surface area contributed by atoms with Crippen LogP contribution in [0.5, 0.6) is 5.75 Å². The predicted octanol–water partition coefficient (Wildman–Crippen LogP) is 3.04. The molecule has 2 aromatic carbocycles. The van der Waals surface area contributed by atoms with E-state index in [2.05, 4.69) is 5.10 Å². The largest absolute Gasteiger partial charge is 0.486 e. The summed E-state index contributed by atoms with van der Waals surface area (Å²) in [4.78, 5) is 35.0. The fraction of sp³-hybridized carbons (Fsp3) is 0.150. The fourth-order valence-corrected chi connectivity index (χ4v) is 2.53. The number of hydrogen-bond donors (Lipinski definition) is 0. The minimum Gasteiger partial charge on any atom is -0.486 e. The summed E-state index contributed by atoms with van der Waals surface area (Å²) in [6, 6.07) is 11.7. The van der Waals surface area contributed by atoms with Gasteiger partial charge < -0.3 is 9.47 Å². The number of esters is 1. The summed E-state index contributed by atoms with van der Waals surface area (Å²) in [6.45, 7) is 1.63. The van der Waals surface area contributed by atoms with Crippen LogP contribution in [0.4, 0.5) is 10.1 Å². The van der Waals surface area contributed by atoms with E-state index >= 15 is 0 Å². The highest BCUT2D eigenvalue weighted by Gasteiger charge is 2.20. The van der Waals surface area contributed by atoms with Gasteiger partial charge in [-0.15, -0.1) is 0 Å². The Bertz CT molecular complexity index is 1130. The van der Waals surface area contributed by atoms with E-state index < -0.39 is 22.3 Å². The number of hydrogen-bond acceptors (Lipinski definition) is 7. The van der Waals surface area contributed by atoms with E-state index in [0.717, 1.165) is 22.9 Å². The van der Waals surface area contributed by atoms with Gasteiger partial charge in [-0.2, -0.15) is 9.78 Å². The maximum absolute atomic E-state index is 13.2. The third-order valence-electron chi connectivity index (χ3n) is 3.98. The Morgan fingerprint density at radius 1 is 1.17 bits per heavy atom. The van der Waals surface area contributed by atoms with Crippen LogP contribution in [0.1, 0.15) is 23.0 Å². The van der Waals surface area contributed by atoms with Gasteiger partial charge in [-0.05, 0) is 48.9 Å². The first-order valence-electron chi connectivity index (χ1n) is 8.82. The molecular weight excluding hydrogens is 397 g/mol. The van der Waals surface area contributed by atoms with Gasteiger partial charge in [0.1, 0.15) is 12.4 Å². The van der Waals surface area contributed by atoms with E-state index in [-0.39, 0.29) is 36.0 Å². The lowest BCUT2D eigenvalue weighted by atomic mass is 10.2. The zero-order valence-corrected chi connectivity index (χ0v) is 15.8. The van der Waals surface area contributed by atoms with E-state index in [1.54, 1.807) is 6.92 Å². The van der Waals surface area contributed by atoms with E-state index in [9.17, 15) is 24.1 Å². The minimum absolute atomic E-state index is 0.0634. The molecule has 10 heteroatoms. The molecule has 0 atom stereocenters. The van der Waals surface area contributed by atoms with Crippen molar-refractivity contribution in [3.8, 4) is 11.4 Å². The maximum atomic E-state index is 13.2. The fourth-order valence-electron chi connectivity index (χ4n) is 2.53. The van der Waals surface area contributed by atoms with Crippen molar-refractivity contribution in [3.63, 3.8) is 0 Å². The van der Waals surface area contributed by atoms with Crippen LogP contribution in [0.2, 0.25) is 0 Å². The van der Waals surface area contributed by atoms with Crippen molar-refractivity contribution in [1.29, 1.82) is 0 Å². The standard InChI is InChI=1S/C20H16FN3O6/c1-2-29-20(26)19-17(30-12-13-3-7-16(8-4-13)24(27)28)11-18(25)23(22-19)15-9-5-14(21)6-10-15/h3-11H,2,12H2,1H3. The summed E-state index contributed by atoms with van der Waals surface area (Å²) in [5, 5.41) is 14.8. The number of nitro groups is 1. The summed E-state index contributed by atoms with van der Waals surface area (Å²) < 4.78 is 24.7. The monoisotopic (exact) mass is 413 g/mol. The molecule has 1 heterocycles. The molecule has 0 aliphatic heterocycles. The van der Waals surface area contributed by atoms with Crippen molar-refractivity contribution in [1.82, 2.24) is 9.78 Å². The second-order valence-corrected chi connectivity index (χ2v) is 6.02. The van der Waals surface area contributed by atoms with Crippen LogP contribution in [0, 0.1) is 15.9 Å². The number of non-ortho nitro benzene ring substituents is 1. The number of benzene rings is 2. The molecule has 0 radical (unpaired) electrons. The number of nitrogens with zero attached hydrogens (tertiary/aromatic N) is 3. The van der Waals surface area contributed by atoms with E-state index in [0.29, 0.717) is 5.56 Å². The molecule has 0 amide bonds. The lowest BCUT2D eigenvalue weighted by molar-refractivity contribution is -0.384. The van der Waals surface area contributed by atoms with Gasteiger partial charge in [0, 0.05) is 12.1 Å². The van der Waals surface area contributed by atoms with Crippen molar-refractivity contribution in [3.05, 3.63) is 92.1 Å². The number of aromatic nitrogens is 2. The third kappa shape index (κ3) is 4.66. The average molecular weight is 413 g/mol. The zero-order valence-electron chi connectivity index (χ0n) is 15.8. The molecule has 0 aliphatic carbocycles. The van der Waals surface area contributed by atoms with Crippen LogP contribution >= 0.6 is 0 Å². The maximum Gasteiger partial charge on any atom is 0.362 e. The number of nitro benzene ring substituents is 1. The van der Waals surface area contributed by atoms with Crippen molar-refractivity contribution < 1.29 is 23.6 Å². The van der Waals surface area contributed by atoms with Gasteiger partial charge >= 0.3 is 5.97 Å². The number of ether oxygens (including phenoxy) is 2. The molecule has 0 spiro atoms. The first-order chi connectivity index (χ1) is 14.4. The van der Waals surface area contributed by atoms with Gasteiger partial charge in [0.05, 0.1) is 23.3 Å². The van der Waals surface area contributed by atoms with Gasteiger partial charge in [0.25, 0.3) is 11.2 Å². The Morgan fingerprint density at radius 2 is 1.83 bits per heavy atom. The first kappa shape index (κ1) is 20.6. The van der Waals surface area contributed by atoms with Gasteiger partial charge in [-0.25, -0.2) is 9.18 Å². The highest BCUT2D eigenvalue weighted by molar-refractivity contribution is 5.90. The SMILES string of the molecule is CCOC(=O)c1nn(-c2ccc(F)cc2)c(=O)cc1OCc1ccc([N+](=O)[O-])cc1. The zero-order chi connectivity index (χ0) is 21.7. The van der Waals surface area contributed by atoms with Crippen molar-refractivity contribution in [2.24, 2.45) is 0 Å². The molecule has 0 N–H and O–H groups in total. The summed E-state index contributed by atoms with van der Waals surface area (Å²) in [5.74, 6) is -1.39. The smallest absolute Gasteiger partial charge is 0.362 e. The molecule has 3 aromatic rings. The van der Waals surface area contributed by atoms with Crippen LogP contribution in [-0.4, -0.2) is 27.3 Å². The van der Waals surface area contributed by atoms with E-state index in [1.807, 2.05) is 0 Å². The number of carbonyl (C=O) groups is 1. The molecule has 0 aliphatic rings. The third-order valence-corrected chi connectivity index (χ3v) is 3.98. The summed E-state index contributed by atoms with van der Waals surface area (Å²) in [5.41, 5.74) is -0.0717. The van der Waals surface area contributed by atoms with Gasteiger partial charge in [0.2, 0.25) is 5.69 Å². The lowest BCUT2D eigenvalue weighted by Crippen LogP contribution is -2.25. The molecule has 0 saturated heterocycles. The average Bonchev–Trinajstić information content (AvgIpc) is 2.73. The van der Waals surface area contributed by atoms with Crippen LogP contribution in [0.25, 0.3) is 5.69 Å². The van der Waals surface area contributed by atoms with Gasteiger partial charge in [-0.1, -0.05) is 0 Å². The quantitative estimate of drug-likeness (QED) is 0.332. The Morgan fingerprint density at radius 3 is 2.43 bits per heavy atom. The predicted molar refractivity (Wildman–Crippen MR) is 103 cm³/mol.